The number of likely N-dealkylation sites (N-methyl/N-ethyl adjacent to an activating group) is 1. The lowest BCUT2D eigenvalue weighted by atomic mass is 9.47. The summed E-state index contributed by atoms with van der Waals surface area (Å²) in [6.45, 7) is 14.9. The molecule has 0 radical (unpaired) electrons. The van der Waals surface area contributed by atoms with Crippen LogP contribution >= 0.6 is 7.82 Å². The summed E-state index contributed by atoms with van der Waals surface area (Å²) in [7, 11) is 1.17. The Balaban J connectivity index is 1.36. The van der Waals surface area contributed by atoms with Gasteiger partial charge in [-0.1, -0.05) is 143 Å². The molecule has 60 heavy (non-hydrogen) atoms. The van der Waals surface area contributed by atoms with Crippen molar-refractivity contribution in [2.24, 2.45) is 46.3 Å². The van der Waals surface area contributed by atoms with Crippen molar-refractivity contribution in [2.75, 3.05) is 47.5 Å². The third-order valence-electron chi connectivity index (χ3n) is 15.9. The quantitative estimate of drug-likeness (QED) is 0.0329. The number of hydrogen-bond donors (Lipinski definition) is 1. The van der Waals surface area contributed by atoms with E-state index in [1.54, 1.807) is 0 Å². The highest BCUT2D eigenvalue weighted by Gasteiger charge is 2.59. The van der Waals surface area contributed by atoms with Gasteiger partial charge in [0.05, 0.1) is 33.9 Å². The van der Waals surface area contributed by atoms with Gasteiger partial charge < -0.3 is 33.0 Å². The van der Waals surface area contributed by atoms with Crippen molar-refractivity contribution < 1.29 is 42.4 Å². The smallest absolute Gasteiger partial charge is 0.335 e. The molecule has 0 aromatic carbocycles. The Bertz CT molecular complexity index is 1350. The first-order chi connectivity index (χ1) is 28.4. The molecule has 0 aromatic rings. The van der Waals surface area contributed by atoms with E-state index in [0.717, 1.165) is 74.5 Å². The van der Waals surface area contributed by atoms with E-state index in [1.807, 2.05) is 21.1 Å². The monoisotopic (exact) mass is 866 g/mol. The van der Waals surface area contributed by atoms with Crippen LogP contribution in [0, 0.1) is 46.3 Å². The van der Waals surface area contributed by atoms with E-state index in [4.69, 9.17) is 18.5 Å². The molecular formula is C50H92NO8P. The molecule has 0 spiro atoms. The largest absolute Gasteiger partial charge is 0.756 e. The second-order valence-corrected chi connectivity index (χ2v) is 23.3. The van der Waals surface area contributed by atoms with Crippen molar-refractivity contribution in [3.05, 3.63) is 11.6 Å². The van der Waals surface area contributed by atoms with Gasteiger partial charge in [-0.15, -0.1) is 0 Å². The molecule has 10 heteroatoms. The van der Waals surface area contributed by atoms with Crippen LogP contribution < -0.4 is 4.89 Å². The van der Waals surface area contributed by atoms with Gasteiger partial charge in [-0.3, -0.25) is 4.57 Å². The Morgan fingerprint density at radius 2 is 1.50 bits per heavy atom. The average Bonchev–Trinajstić information content (AvgIpc) is 3.53. The highest BCUT2D eigenvalue weighted by Crippen LogP contribution is 2.67. The average molecular weight is 866 g/mol. The summed E-state index contributed by atoms with van der Waals surface area (Å²) in [6, 6.07) is 0. The van der Waals surface area contributed by atoms with Gasteiger partial charge in [0.15, 0.2) is 6.10 Å². The third-order valence-corrected chi connectivity index (χ3v) is 16.9. The summed E-state index contributed by atoms with van der Waals surface area (Å²) in [5, 5.41) is 10.4. The summed E-state index contributed by atoms with van der Waals surface area (Å²) >= 11 is 0. The van der Waals surface area contributed by atoms with Crippen molar-refractivity contribution in [2.45, 2.75) is 208 Å². The Morgan fingerprint density at radius 1 is 0.850 bits per heavy atom. The van der Waals surface area contributed by atoms with Gasteiger partial charge in [0.25, 0.3) is 7.82 Å². The number of rotatable bonds is 30. The molecule has 4 aliphatic carbocycles. The minimum absolute atomic E-state index is 0.0247. The van der Waals surface area contributed by atoms with Crippen molar-refractivity contribution in [1.82, 2.24) is 0 Å². The highest BCUT2D eigenvalue weighted by atomic mass is 31.2. The Morgan fingerprint density at radius 3 is 2.12 bits per heavy atom. The van der Waals surface area contributed by atoms with Gasteiger partial charge in [0, 0.05) is 6.61 Å². The van der Waals surface area contributed by atoms with E-state index in [0.29, 0.717) is 22.4 Å². The minimum Gasteiger partial charge on any atom is -0.756 e. The molecule has 4 aliphatic rings. The fourth-order valence-corrected chi connectivity index (χ4v) is 13.0. The molecule has 9 nitrogen and oxygen atoms in total. The van der Waals surface area contributed by atoms with E-state index in [2.05, 4.69) is 47.6 Å². The van der Waals surface area contributed by atoms with Gasteiger partial charge in [0.2, 0.25) is 0 Å². The van der Waals surface area contributed by atoms with Crippen LogP contribution in [0.2, 0.25) is 0 Å². The number of carboxylic acids is 1. The molecule has 0 bridgehead atoms. The molecular weight excluding hydrogens is 774 g/mol. The van der Waals surface area contributed by atoms with Crippen molar-refractivity contribution >= 4 is 13.8 Å². The maximum Gasteiger partial charge on any atom is 0.335 e. The maximum atomic E-state index is 12.9. The first kappa shape index (κ1) is 51.8. The molecule has 0 aromatic heterocycles. The number of hydrogen-bond acceptors (Lipinski definition) is 7. The van der Waals surface area contributed by atoms with E-state index in [9.17, 15) is 19.4 Å². The lowest BCUT2D eigenvalue weighted by molar-refractivity contribution is -0.870. The minimum atomic E-state index is -4.70. The molecule has 3 fully saturated rings. The van der Waals surface area contributed by atoms with Crippen LogP contribution in [0.3, 0.4) is 0 Å². The van der Waals surface area contributed by atoms with E-state index in [-0.39, 0.29) is 24.7 Å². The van der Waals surface area contributed by atoms with Gasteiger partial charge in [-0.2, -0.15) is 0 Å². The van der Waals surface area contributed by atoms with Crippen LogP contribution in [0.15, 0.2) is 11.6 Å². The zero-order valence-electron chi connectivity index (χ0n) is 40.1. The van der Waals surface area contributed by atoms with Crippen molar-refractivity contribution in [3.63, 3.8) is 0 Å². The predicted molar refractivity (Wildman–Crippen MR) is 243 cm³/mol. The first-order valence-corrected chi connectivity index (χ1v) is 26.5. The fourth-order valence-electron chi connectivity index (χ4n) is 12.3. The number of unbranched alkanes of at least 4 members (excludes halogenated alkanes) is 11. The SMILES string of the molecule is CCCCCCCCCCCCCCOC(C(=O)O)C(COP(=O)([O-])OCC[N+](C)(C)C)OC1CC[C@@]2(C)C(=CCC3C2CC[C@@]2(C)C3CC[C@@H]2[C@H](C)CCCC(C)C)C1. The molecule has 1 N–H and O–H groups in total. The number of fused-ring (bicyclic) bond motifs is 5. The second kappa shape index (κ2) is 24.5. The number of phosphoric ester groups is 1. The van der Waals surface area contributed by atoms with Crippen LogP contribution in [-0.4, -0.2) is 81.4 Å². The van der Waals surface area contributed by atoms with Crippen LogP contribution in [-0.2, 0) is 27.9 Å². The summed E-state index contributed by atoms with van der Waals surface area (Å²) in [5.41, 5.74) is 1.99. The molecule has 3 saturated carbocycles. The Labute approximate surface area is 368 Å². The molecule has 0 amide bonds. The number of quaternary nitrogens is 1. The van der Waals surface area contributed by atoms with Gasteiger partial charge in [-0.05, 0) is 104 Å². The summed E-state index contributed by atoms with van der Waals surface area (Å²) in [4.78, 5) is 25.7. The molecule has 11 atom stereocenters. The van der Waals surface area contributed by atoms with Crippen LogP contribution in [0.4, 0.5) is 0 Å². The maximum absolute atomic E-state index is 12.9. The fraction of sp³-hybridized carbons (Fsp3) is 0.940. The van der Waals surface area contributed by atoms with Crippen LogP contribution in [0.25, 0.3) is 0 Å². The second-order valence-electron chi connectivity index (χ2n) is 21.9. The van der Waals surface area contributed by atoms with Crippen LogP contribution in [0.1, 0.15) is 189 Å². The number of nitrogens with zero attached hydrogens (tertiary/aromatic N) is 1. The number of carbonyl (C=O) groups is 1. The zero-order chi connectivity index (χ0) is 44.0. The van der Waals surface area contributed by atoms with E-state index >= 15 is 0 Å². The lowest BCUT2D eigenvalue weighted by Crippen LogP contribution is -2.51. The molecule has 4 rings (SSSR count). The van der Waals surface area contributed by atoms with Gasteiger partial charge >= 0.3 is 5.97 Å². The summed E-state index contributed by atoms with van der Waals surface area (Å²) in [5.74, 6) is 3.40. The normalized spacial score (nSPS) is 30.5. The molecule has 0 saturated heterocycles. The lowest BCUT2D eigenvalue weighted by Gasteiger charge is -2.58. The number of ether oxygens (including phenoxy) is 2. The van der Waals surface area contributed by atoms with Crippen molar-refractivity contribution in [3.8, 4) is 0 Å². The molecule has 0 aliphatic heterocycles. The Kier molecular flexibility index (Phi) is 21.1. The van der Waals surface area contributed by atoms with Crippen molar-refractivity contribution in [1.29, 1.82) is 0 Å². The topological polar surface area (TPSA) is 114 Å². The Hall–Kier alpha value is -0.800. The molecule has 350 valence electrons. The third kappa shape index (κ3) is 15.4. The summed E-state index contributed by atoms with van der Waals surface area (Å²) < 4.78 is 36.7. The number of carboxylic acid groups (broad SMARTS) is 1. The number of allylic oxidation sites excluding steroid dienone is 1. The van der Waals surface area contributed by atoms with E-state index in [1.165, 1.54) is 108 Å². The van der Waals surface area contributed by atoms with E-state index < -0.39 is 32.6 Å². The first-order valence-electron chi connectivity index (χ1n) is 25.0. The van der Waals surface area contributed by atoms with Gasteiger partial charge in [-0.25, -0.2) is 4.79 Å². The molecule has 0 heterocycles. The molecule has 7 unspecified atom stereocenters. The van der Waals surface area contributed by atoms with Gasteiger partial charge in [0.1, 0.15) is 19.3 Å². The number of phosphoric acid groups is 1. The zero-order valence-corrected chi connectivity index (χ0v) is 41.0. The highest BCUT2D eigenvalue weighted by molar-refractivity contribution is 7.45. The van der Waals surface area contributed by atoms with Crippen LogP contribution in [0.5, 0.6) is 0 Å². The standard InChI is InChI=1S/C50H92NO8P/c1-10-11-12-13-14-15-16-17-18-19-20-21-34-56-47(48(52)53)46(37-58-60(54,55)57-35-33-51(7,8)9)59-41-29-31-49(5)40(36-41)25-26-42-44-28-27-43(39(4)24-22-23-38(2)3)50(44,6)32-30-45(42)49/h25,38-39,41-47H,10-24,26-37H2,1-9H3,(H-,52,53,54,55)/t39-,41?,42?,43-,44?,45?,46?,47?,49+,50-/m1/s1. The summed E-state index contributed by atoms with van der Waals surface area (Å²) in [6.07, 6.45) is 27.3. The number of aliphatic carboxylic acids is 1. The predicted octanol–water partition coefficient (Wildman–Crippen LogP) is 12.2.